The highest BCUT2D eigenvalue weighted by Crippen LogP contribution is 2.38. The summed E-state index contributed by atoms with van der Waals surface area (Å²) in [4.78, 5) is 0. The number of methoxy groups -OCH3 is 1. The van der Waals surface area contributed by atoms with Gasteiger partial charge in [-0.05, 0) is 23.8 Å². The summed E-state index contributed by atoms with van der Waals surface area (Å²) in [5, 5.41) is 6.17. The monoisotopic (exact) mass is 410 g/mol. The number of nitrogens with one attached hydrogen (secondary N) is 1. The SMILES string of the molecule is COc1cc([C@@H]2NN=C(c3ccccc3)S2)ccc1OCc1ccccc1Cl. The second kappa shape index (κ2) is 8.59. The molecule has 28 heavy (non-hydrogen) atoms. The summed E-state index contributed by atoms with van der Waals surface area (Å²) in [6.45, 7) is 0.382. The van der Waals surface area contributed by atoms with Gasteiger partial charge >= 0.3 is 0 Å². The largest absolute Gasteiger partial charge is 0.493 e. The van der Waals surface area contributed by atoms with Crippen molar-refractivity contribution in [2.45, 2.75) is 12.0 Å². The highest BCUT2D eigenvalue weighted by Gasteiger charge is 2.23. The topological polar surface area (TPSA) is 42.8 Å². The predicted molar refractivity (Wildman–Crippen MR) is 115 cm³/mol. The van der Waals surface area contributed by atoms with Gasteiger partial charge in [0, 0.05) is 16.1 Å². The van der Waals surface area contributed by atoms with Crippen LogP contribution in [0, 0.1) is 0 Å². The molecular weight excluding hydrogens is 392 g/mol. The van der Waals surface area contributed by atoms with Crippen LogP contribution in [0.4, 0.5) is 0 Å². The van der Waals surface area contributed by atoms with Crippen LogP contribution in [0.15, 0.2) is 77.9 Å². The molecule has 1 aliphatic heterocycles. The molecule has 3 aromatic carbocycles. The second-order valence-corrected chi connectivity index (χ2v) is 7.70. The first-order chi connectivity index (χ1) is 13.7. The van der Waals surface area contributed by atoms with Gasteiger partial charge in [0.15, 0.2) is 11.5 Å². The molecule has 4 rings (SSSR count). The molecule has 0 aliphatic carbocycles. The fraction of sp³-hybridized carbons (Fsp3) is 0.136. The molecule has 0 saturated heterocycles. The van der Waals surface area contributed by atoms with Gasteiger partial charge in [-0.1, -0.05) is 78.0 Å². The van der Waals surface area contributed by atoms with Crippen molar-refractivity contribution in [2.75, 3.05) is 7.11 Å². The van der Waals surface area contributed by atoms with Crippen LogP contribution in [0.2, 0.25) is 5.02 Å². The van der Waals surface area contributed by atoms with Crippen LogP contribution < -0.4 is 14.9 Å². The third kappa shape index (κ3) is 4.11. The molecule has 1 N–H and O–H groups in total. The number of benzene rings is 3. The minimum atomic E-state index is 0.0294. The Labute approximate surface area is 173 Å². The van der Waals surface area contributed by atoms with Gasteiger partial charge in [-0.2, -0.15) is 5.10 Å². The molecule has 1 atom stereocenters. The second-order valence-electron chi connectivity index (χ2n) is 6.20. The first-order valence-corrected chi connectivity index (χ1v) is 10.1. The van der Waals surface area contributed by atoms with E-state index >= 15 is 0 Å². The van der Waals surface area contributed by atoms with Gasteiger partial charge in [-0.3, -0.25) is 5.43 Å². The average molecular weight is 411 g/mol. The van der Waals surface area contributed by atoms with Crippen LogP contribution in [-0.2, 0) is 6.61 Å². The van der Waals surface area contributed by atoms with Crippen LogP contribution in [0.25, 0.3) is 0 Å². The van der Waals surface area contributed by atoms with Crippen LogP contribution in [0.3, 0.4) is 0 Å². The van der Waals surface area contributed by atoms with E-state index in [9.17, 15) is 0 Å². The number of hydrogen-bond acceptors (Lipinski definition) is 5. The standard InChI is InChI=1S/C22H19ClN2O2S/c1-26-20-13-16(22-25-24-21(28-22)15-7-3-2-4-8-15)11-12-19(20)27-14-17-9-5-6-10-18(17)23/h2-13,22,25H,14H2,1H3/t22-/m1/s1. The van der Waals surface area contributed by atoms with E-state index in [0.29, 0.717) is 23.1 Å². The first-order valence-electron chi connectivity index (χ1n) is 8.84. The van der Waals surface area contributed by atoms with E-state index < -0.39 is 0 Å². The lowest BCUT2D eigenvalue weighted by atomic mass is 10.2. The molecule has 3 aromatic rings. The van der Waals surface area contributed by atoms with Gasteiger partial charge < -0.3 is 9.47 Å². The number of thioether (sulfide) groups is 1. The molecular formula is C22H19ClN2O2S. The number of hydrazone groups is 1. The summed E-state index contributed by atoms with van der Waals surface area (Å²) < 4.78 is 11.5. The van der Waals surface area contributed by atoms with Crippen LogP contribution >= 0.6 is 23.4 Å². The van der Waals surface area contributed by atoms with Crippen LogP contribution in [0.5, 0.6) is 11.5 Å². The number of ether oxygens (including phenoxy) is 2. The Kier molecular flexibility index (Phi) is 5.74. The van der Waals surface area contributed by atoms with Crippen molar-refractivity contribution in [3.05, 3.63) is 94.5 Å². The van der Waals surface area contributed by atoms with Crippen LogP contribution in [0.1, 0.15) is 22.1 Å². The van der Waals surface area contributed by atoms with Gasteiger partial charge in [0.1, 0.15) is 17.0 Å². The van der Waals surface area contributed by atoms with Crippen molar-refractivity contribution in [1.29, 1.82) is 0 Å². The molecule has 0 aromatic heterocycles. The maximum atomic E-state index is 6.20. The Balaban J connectivity index is 1.46. The smallest absolute Gasteiger partial charge is 0.161 e. The molecule has 4 nitrogen and oxygen atoms in total. The van der Waals surface area contributed by atoms with Crippen molar-refractivity contribution < 1.29 is 9.47 Å². The Morgan fingerprint density at radius 3 is 2.57 bits per heavy atom. The van der Waals surface area contributed by atoms with Crippen molar-refractivity contribution in [3.8, 4) is 11.5 Å². The Morgan fingerprint density at radius 2 is 1.79 bits per heavy atom. The zero-order chi connectivity index (χ0) is 19.3. The zero-order valence-electron chi connectivity index (χ0n) is 15.3. The van der Waals surface area contributed by atoms with Crippen molar-refractivity contribution in [1.82, 2.24) is 5.43 Å². The molecule has 1 aliphatic rings. The molecule has 0 amide bonds. The minimum absolute atomic E-state index is 0.0294. The van der Waals surface area contributed by atoms with E-state index in [2.05, 4.69) is 22.7 Å². The Bertz CT molecular complexity index is 995. The molecule has 0 saturated carbocycles. The van der Waals surface area contributed by atoms with E-state index in [1.807, 2.05) is 60.7 Å². The maximum absolute atomic E-state index is 6.20. The van der Waals surface area contributed by atoms with Gasteiger partial charge in [-0.15, -0.1) is 0 Å². The fourth-order valence-corrected chi connectivity index (χ4v) is 4.05. The lowest BCUT2D eigenvalue weighted by Crippen LogP contribution is -2.07. The lowest BCUT2D eigenvalue weighted by Gasteiger charge is -2.15. The van der Waals surface area contributed by atoms with Gasteiger partial charge in [0.05, 0.1) is 7.11 Å². The molecule has 0 bridgehead atoms. The molecule has 0 unspecified atom stereocenters. The van der Waals surface area contributed by atoms with Gasteiger partial charge in [0.25, 0.3) is 0 Å². The number of hydrogen-bond donors (Lipinski definition) is 1. The van der Waals surface area contributed by atoms with Crippen molar-refractivity contribution in [2.24, 2.45) is 5.10 Å². The third-order valence-corrected chi connectivity index (χ3v) is 5.90. The van der Waals surface area contributed by atoms with E-state index in [4.69, 9.17) is 21.1 Å². The summed E-state index contributed by atoms with van der Waals surface area (Å²) in [7, 11) is 1.64. The Hall–Kier alpha value is -2.63. The zero-order valence-corrected chi connectivity index (χ0v) is 16.8. The fourth-order valence-electron chi connectivity index (χ4n) is 2.87. The van der Waals surface area contributed by atoms with E-state index in [0.717, 1.165) is 21.7 Å². The van der Waals surface area contributed by atoms with Gasteiger partial charge in [0.2, 0.25) is 0 Å². The number of halogens is 1. The third-order valence-electron chi connectivity index (χ3n) is 4.37. The average Bonchev–Trinajstić information content (AvgIpc) is 3.24. The van der Waals surface area contributed by atoms with Gasteiger partial charge in [-0.25, -0.2) is 0 Å². The van der Waals surface area contributed by atoms with Crippen molar-refractivity contribution >= 4 is 28.4 Å². The normalized spacial score (nSPS) is 15.6. The summed E-state index contributed by atoms with van der Waals surface area (Å²) in [5.74, 6) is 1.36. The van der Waals surface area contributed by atoms with E-state index in [-0.39, 0.29) is 5.37 Å². The molecule has 1 heterocycles. The molecule has 142 valence electrons. The summed E-state index contributed by atoms with van der Waals surface area (Å²) >= 11 is 7.88. The predicted octanol–water partition coefficient (Wildman–Crippen LogP) is 5.62. The molecule has 0 spiro atoms. The number of nitrogens with zero attached hydrogens (tertiary/aromatic N) is 1. The molecule has 6 heteroatoms. The quantitative estimate of drug-likeness (QED) is 0.572. The highest BCUT2D eigenvalue weighted by molar-refractivity contribution is 8.14. The maximum Gasteiger partial charge on any atom is 0.161 e. The van der Waals surface area contributed by atoms with Crippen LogP contribution in [-0.4, -0.2) is 12.2 Å². The minimum Gasteiger partial charge on any atom is -0.493 e. The van der Waals surface area contributed by atoms with E-state index in [1.54, 1.807) is 18.9 Å². The summed E-state index contributed by atoms with van der Waals surface area (Å²) in [6, 6.07) is 23.7. The lowest BCUT2D eigenvalue weighted by molar-refractivity contribution is 0.284. The Morgan fingerprint density at radius 1 is 1.00 bits per heavy atom. The van der Waals surface area contributed by atoms with Crippen molar-refractivity contribution in [3.63, 3.8) is 0 Å². The first kappa shape index (κ1) is 18.7. The van der Waals surface area contributed by atoms with E-state index in [1.165, 1.54) is 0 Å². The highest BCUT2D eigenvalue weighted by atomic mass is 35.5. The summed E-state index contributed by atoms with van der Waals surface area (Å²) in [5.41, 5.74) is 6.31. The molecule has 0 fully saturated rings. The molecule has 0 radical (unpaired) electrons. The summed E-state index contributed by atoms with van der Waals surface area (Å²) in [6.07, 6.45) is 0. The number of rotatable bonds is 6.